The molecule has 0 aliphatic heterocycles. The molecule has 1 saturated carbocycles. The second-order valence-electron chi connectivity index (χ2n) is 3.97. The van der Waals surface area contributed by atoms with E-state index >= 15 is 0 Å². The number of hydrogen-bond donors (Lipinski definition) is 1. The van der Waals surface area contributed by atoms with E-state index in [-0.39, 0.29) is 24.5 Å². The lowest BCUT2D eigenvalue weighted by Gasteiger charge is -2.22. The minimum Gasteiger partial charge on any atom is -0.393 e. The Morgan fingerprint density at radius 1 is 1.57 bits per heavy atom. The average Bonchev–Trinajstić information content (AvgIpc) is 2.52. The van der Waals surface area contributed by atoms with Crippen LogP contribution in [0.1, 0.15) is 19.3 Å². The Kier molecular flexibility index (Phi) is 4.35. The van der Waals surface area contributed by atoms with Crippen LogP contribution in [0.2, 0.25) is 0 Å². The number of aliphatic hydroxyl groups excluding tert-OH is 1. The summed E-state index contributed by atoms with van der Waals surface area (Å²) in [5.74, 6) is 0.229. The molecule has 2 unspecified atom stereocenters. The molecular weight excluding hydrogens is 182 g/mol. The quantitative estimate of drug-likeness (QED) is 0.709. The van der Waals surface area contributed by atoms with E-state index < -0.39 is 0 Å². The van der Waals surface area contributed by atoms with Crippen molar-refractivity contribution in [2.75, 3.05) is 27.3 Å². The molecule has 0 heterocycles. The van der Waals surface area contributed by atoms with Gasteiger partial charge in [-0.15, -0.1) is 0 Å². The number of ether oxygens (including phenoxy) is 1. The predicted molar refractivity (Wildman–Crippen MR) is 52.9 cm³/mol. The first-order valence-electron chi connectivity index (χ1n) is 5.06. The van der Waals surface area contributed by atoms with Gasteiger partial charge in [-0.25, -0.2) is 0 Å². The third-order valence-corrected chi connectivity index (χ3v) is 2.82. The van der Waals surface area contributed by atoms with Crippen molar-refractivity contribution in [2.45, 2.75) is 25.4 Å². The zero-order valence-corrected chi connectivity index (χ0v) is 8.90. The van der Waals surface area contributed by atoms with Gasteiger partial charge in [-0.2, -0.15) is 0 Å². The van der Waals surface area contributed by atoms with Gasteiger partial charge in [0.2, 0.25) is 5.91 Å². The number of methoxy groups -OCH3 is 1. The molecule has 1 amide bonds. The maximum absolute atomic E-state index is 11.4. The maximum atomic E-state index is 11.4. The lowest BCUT2D eigenvalue weighted by atomic mass is 10.1. The minimum atomic E-state index is -0.229. The Bertz CT molecular complexity index is 196. The van der Waals surface area contributed by atoms with E-state index in [4.69, 9.17) is 4.74 Å². The fourth-order valence-corrected chi connectivity index (χ4v) is 1.92. The molecule has 1 aliphatic rings. The van der Waals surface area contributed by atoms with E-state index in [2.05, 4.69) is 0 Å². The van der Waals surface area contributed by atoms with Gasteiger partial charge in [-0.05, 0) is 12.8 Å². The number of amides is 1. The summed E-state index contributed by atoms with van der Waals surface area (Å²) in [6.45, 7) is 0.767. The maximum Gasteiger partial charge on any atom is 0.248 e. The van der Waals surface area contributed by atoms with E-state index in [1.807, 2.05) is 0 Å². The average molecular weight is 201 g/mol. The molecule has 82 valence electrons. The standard InChI is InChI=1S/C10H19NO3/c1-11(10(13)7-14-2)6-8-4-3-5-9(8)12/h8-9,12H,3-7H2,1-2H3. The lowest BCUT2D eigenvalue weighted by Crippen LogP contribution is -2.36. The summed E-state index contributed by atoms with van der Waals surface area (Å²) in [6.07, 6.45) is 2.73. The largest absolute Gasteiger partial charge is 0.393 e. The van der Waals surface area contributed by atoms with Crippen LogP contribution in [0.5, 0.6) is 0 Å². The fraction of sp³-hybridized carbons (Fsp3) is 0.900. The summed E-state index contributed by atoms with van der Waals surface area (Å²) in [5, 5.41) is 9.58. The van der Waals surface area contributed by atoms with Crippen molar-refractivity contribution < 1.29 is 14.6 Å². The summed E-state index contributed by atoms with van der Waals surface area (Å²) in [7, 11) is 3.27. The van der Waals surface area contributed by atoms with E-state index in [9.17, 15) is 9.90 Å². The second kappa shape index (κ2) is 5.32. The molecule has 4 nitrogen and oxygen atoms in total. The van der Waals surface area contributed by atoms with E-state index in [0.29, 0.717) is 6.54 Å². The molecule has 0 bridgehead atoms. The van der Waals surface area contributed by atoms with Gasteiger partial charge in [0.05, 0.1) is 6.10 Å². The van der Waals surface area contributed by atoms with Crippen molar-refractivity contribution in [3.05, 3.63) is 0 Å². The summed E-state index contributed by atoms with van der Waals surface area (Å²) in [5.41, 5.74) is 0. The van der Waals surface area contributed by atoms with Crippen molar-refractivity contribution in [1.29, 1.82) is 0 Å². The van der Waals surface area contributed by atoms with Crippen molar-refractivity contribution in [3.8, 4) is 0 Å². The van der Waals surface area contributed by atoms with Gasteiger partial charge in [-0.3, -0.25) is 4.79 Å². The predicted octanol–water partition coefficient (Wildman–Crippen LogP) is 0.252. The third-order valence-electron chi connectivity index (χ3n) is 2.82. The Hall–Kier alpha value is -0.610. The topological polar surface area (TPSA) is 49.8 Å². The molecule has 4 heteroatoms. The first kappa shape index (κ1) is 11.5. The summed E-state index contributed by atoms with van der Waals surface area (Å²) < 4.78 is 4.76. The molecule has 0 aromatic rings. The van der Waals surface area contributed by atoms with Crippen LogP contribution in [0.3, 0.4) is 0 Å². The minimum absolute atomic E-state index is 0.0217. The van der Waals surface area contributed by atoms with Crippen LogP contribution in [-0.4, -0.2) is 49.3 Å². The molecule has 0 aromatic heterocycles. The highest BCUT2D eigenvalue weighted by atomic mass is 16.5. The SMILES string of the molecule is COCC(=O)N(C)CC1CCCC1O. The molecule has 2 atom stereocenters. The Morgan fingerprint density at radius 2 is 2.29 bits per heavy atom. The summed E-state index contributed by atoms with van der Waals surface area (Å²) >= 11 is 0. The second-order valence-corrected chi connectivity index (χ2v) is 3.97. The van der Waals surface area contributed by atoms with Gasteiger partial charge < -0.3 is 14.7 Å². The molecule has 1 aliphatic carbocycles. The van der Waals surface area contributed by atoms with Crippen LogP contribution in [-0.2, 0) is 9.53 Å². The monoisotopic (exact) mass is 201 g/mol. The normalized spacial score (nSPS) is 26.5. The number of likely N-dealkylation sites (N-methyl/N-ethyl adjacent to an activating group) is 1. The Balaban J connectivity index is 2.32. The van der Waals surface area contributed by atoms with E-state index in [1.54, 1.807) is 11.9 Å². The van der Waals surface area contributed by atoms with Gasteiger partial charge in [0.15, 0.2) is 0 Å². The number of carbonyl (C=O) groups excluding carboxylic acids is 1. The highest BCUT2D eigenvalue weighted by Crippen LogP contribution is 2.25. The van der Waals surface area contributed by atoms with Gasteiger partial charge in [-0.1, -0.05) is 6.42 Å². The van der Waals surface area contributed by atoms with Crippen molar-refractivity contribution in [1.82, 2.24) is 4.90 Å². The molecule has 0 radical (unpaired) electrons. The first-order chi connectivity index (χ1) is 6.65. The Morgan fingerprint density at radius 3 is 2.79 bits per heavy atom. The lowest BCUT2D eigenvalue weighted by molar-refractivity contribution is -0.134. The number of carbonyl (C=O) groups is 1. The zero-order valence-electron chi connectivity index (χ0n) is 8.90. The van der Waals surface area contributed by atoms with Crippen LogP contribution >= 0.6 is 0 Å². The van der Waals surface area contributed by atoms with Crippen LogP contribution < -0.4 is 0 Å². The van der Waals surface area contributed by atoms with E-state index in [0.717, 1.165) is 19.3 Å². The number of rotatable bonds is 4. The van der Waals surface area contributed by atoms with E-state index in [1.165, 1.54) is 7.11 Å². The van der Waals surface area contributed by atoms with Crippen LogP contribution in [0, 0.1) is 5.92 Å². The molecule has 0 aromatic carbocycles. The zero-order chi connectivity index (χ0) is 10.6. The van der Waals surface area contributed by atoms with Crippen LogP contribution in [0.15, 0.2) is 0 Å². The van der Waals surface area contributed by atoms with Gasteiger partial charge >= 0.3 is 0 Å². The number of nitrogens with zero attached hydrogens (tertiary/aromatic N) is 1. The van der Waals surface area contributed by atoms with Crippen molar-refractivity contribution >= 4 is 5.91 Å². The van der Waals surface area contributed by atoms with Gasteiger partial charge in [0, 0.05) is 26.6 Å². The van der Waals surface area contributed by atoms with Gasteiger partial charge in [0.25, 0.3) is 0 Å². The molecular formula is C10H19NO3. The van der Waals surface area contributed by atoms with Crippen LogP contribution in [0.25, 0.3) is 0 Å². The molecule has 1 fully saturated rings. The molecule has 14 heavy (non-hydrogen) atoms. The molecule has 1 N–H and O–H groups in total. The van der Waals surface area contributed by atoms with Crippen LogP contribution in [0.4, 0.5) is 0 Å². The number of aliphatic hydroxyl groups is 1. The Labute approximate surface area is 84.8 Å². The number of hydrogen-bond acceptors (Lipinski definition) is 3. The molecule has 0 saturated heterocycles. The van der Waals surface area contributed by atoms with Gasteiger partial charge in [0.1, 0.15) is 6.61 Å². The summed E-state index contributed by atoms with van der Waals surface area (Å²) in [4.78, 5) is 13.0. The highest BCUT2D eigenvalue weighted by Gasteiger charge is 2.27. The first-order valence-corrected chi connectivity index (χ1v) is 5.06. The summed E-state index contributed by atoms with van der Waals surface area (Å²) in [6, 6.07) is 0. The van der Waals surface area contributed by atoms with Crippen molar-refractivity contribution in [2.24, 2.45) is 5.92 Å². The third kappa shape index (κ3) is 2.96. The fourth-order valence-electron chi connectivity index (χ4n) is 1.92. The van der Waals surface area contributed by atoms with Crippen molar-refractivity contribution in [3.63, 3.8) is 0 Å². The highest BCUT2D eigenvalue weighted by molar-refractivity contribution is 5.77. The smallest absolute Gasteiger partial charge is 0.248 e. The molecule has 1 rings (SSSR count). The molecule has 0 spiro atoms.